The largest absolute Gasteiger partial charge is 0.493 e. The summed E-state index contributed by atoms with van der Waals surface area (Å²) >= 11 is 15.8. The summed E-state index contributed by atoms with van der Waals surface area (Å²) in [5.41, 5.74) is 3.02. The maximum absolute atomic E-state index is 6.24. The Hall–Kier alpha value is -1.83. The van der Waals surface area contributed by atoms with Crippen LogP contribution in [0.4, 0.5) is 0 Å². The molecule has 3 aromatic carbocycles. The highest BCUT2D eigenvalue weighted by Gasteiger charge is 2.15. The standard InChI is InChI=1S/C23H20BrCl2NO4.ClH/c1-28-22-8-15(11-27-10-14-2-5-20-21(7-14)31-13-30-20)6-18(24)23(22)29-12-16-3-4-17(25)9-19(16)26;/h2-9,27H,10-13H2,1H3;1H. The average molecular weight is 562 g/mol. The summed E-state index contributed by atoms with van der Waals surface area (Å²) in [4.78, 5) is 0. The molecule has 170 valence electrons. The van der Waals surface area contributed by atoms with E-state index in [0.29, 0.717) is 41.2 Å². The van der Waals surface area contributed by atoms with Crippen molar-refractivity contribution in [1.82, 2.24) is 5.32 Å². The molecule has 0 bridgehead atoms. The van der Waals surface area contributed by atoms with Crippen LogP contribution in [-0.2, 0) is 19.7 Å². The highest BCUT2D eigenvalue weighted by molar-refractivity contribution is 9.10. The lowest BCUT2D eigenvalue weighted by Gasteiger charge is -2.15. The Labute approximate surface area is 211 Å². The minimum Gasteiger partial charge on any atom is -0.493 e. The number of halogens is 4. The lowest BCUT2D eigenvalue weighted by atomic mass is 10.1. The second-order valence-electron chi connectivity index (χ2n) is 6.92. The lowest BCUT2D eigenvalue weighted by Crippen LogP contribution is -2.13. The van der Waals surface area contributed by atoms with E-state index in [-0.39, 0.29) is 19.2 Å². The van der Waals surface area contributed by atoms with Gasteiger partial charge >= 0.3 is 0 Å². The zero-order valence-electron chi connectivity index (χ0n) is 17.1. The Morgan fingerprint density at radius 2 is 1.75 bits per heavy atom. The van der Waals surface area contributed by atoms with E-state index in [2.05, 4.69) is 21.2 Å². The number of ether oxygens (including phenoxy) is 4. The second kappa shape index (κ2) is 11.3. The zero-order valence-corrected chi connectivity index (χ0v) is 21.0. The van der Waals surface area contributed by atoms with Gasteiger partial charge in [0.15, 0.2) is 23.0 Å². The smallest absolute Gasteiger partial charge is 0.231 e. The molecular weight excluding hydrogens is 541 g/mol. The molecule has 0 fully saturated rings. The summed E-state index contributed by atoms with van der Waals surface area (Å²) in [6, 6.07) is 15.2. The number of nitrogens with one attached hydrogen (secondary N) is 1. The third-order valence-electron chi connectivity index (χ3n) is 4.77. The van der Waals surface area contributed by atoms with Gasteiger partial charge in [0.25, 0.3) is 0 Å². The molecule has 0 saturated carbocycles. The third-order valence-corrected chi connectivity index (χ3v) is 5.95. The van der Waals surface area contributed by atoms with E-state index in [4.69, 9.17) is 42.1 Å². The van der Waals surface area contributed by atoms with Crippen molar-refractivity contribution in [3.63, 3.8) is 0 Å². The van der Waals surface area contributed by atoms with Crippen LogP contribution >= 0.6 is 51.5 Å². The van der Waals surface area contributed by atoms with Gasteiger partial charge in [-0.25, -0.2) is 0 Å². The molecule has 32 heavy (non-hydrogen) atoms. The van der Waals surface area contributed by atoms with Crippen LogP contribution in [0.15, 0.2) is 53.0 Å². The van der Waals surface area contributed by atoms with Gasteiger partial charge in [0.1, 0.15) is 6.61 Å². The van der Waals surface area contributed by atoms with E-state index >= 15 is 0 Å². The predicted molar refractivity (Wildman–Crippen MR) is 132 cm³/mol. The summed E-state index contributed by atoms with van der Waals surface area (Å²) < 4.78 is 23.1. The van der Waals surface area contributed by atoms with Gasteiger partial charge in [0.05, 0.1) is 11.6 Å². The van der Waals surface area contributed by atoms with Crippen molar-refractivity contribution >= 4 is 51.5 Å². The third kappa shape index (κ3) is 5.94. The molecule has 1 aliphatic rings. The van der Waals surface area contributed by atoms with Crippen molar-refractivity contribution in [3.05, 3.63) is 79.7 Å². The molecule has 0 aromatic heterocycles. The molecular formula is C23H21BrCl3NO4. The Balaban J connectivity index is 0.00000289. The normalized spacial score (nSPS) is 11.8. The highest BCUT2D eigenvalue weighted by atomic mass is 79.9. The average Bonchev–Trinajstić information content (AvgIpc) is 3.21. The molecule has 1 aliphatic heterocycles. The number of methoxy groups -OCH3 is 1. The number of rotatable bonds is 8. The monoisotopic (exact) mass is 559 g/mol. The SMILES string of the molecule is COc1cc(CNCc2ccc3c(c2)OCO3)cc(Br)c1OCc1ccc(Cl)cc1Cl.Cl. The first-order chi connectivity index (χ1) is 15.0. The molecule has 0 amide bonds. The fourth-order valence-electron chi connectivity index (χ4n) is 3.21. The molecule has 1 N–H and O–H groups in total. The maximum atomic E-state index is 6.24. The van der Waals surface area contributed by atoms with Crippen LogP contribution in [0.2, 0.25) is 10.0 Å². The van der Waals surface area contributed by atoms with Crippen molar-refractivity contribution in [1.29, 1.82) is 0 Å². The molecule has 1 heterocycles. The van der Waals surface area contributed by atoms with Crippen LogP contribution in [0.25, 0.3) is 0 Å². The Kier molecular flexibility index (Phi) is 8.79. The summed E-state index contributed by atoms with van der Waals surface area (Å²) in [7, 11) is 1.62. The maximum Gasteiger partial charge on any atom is 0.231 e. The van der Waals surface area contributed by atoms with Crippen LogP contribution < -0.4 is 24.3 Å². The fraction of sp³-hybridized carbons (Fsp3) is 0.217. The highest BCUT2D eigenvalue weighted by Crippen LogP contribution is 2.38. The summed E-state index contributed by atoms with van der Waals surface area (Å²) in [5.74, 6) is 2.83. The number of hydrogen-bond donors (Lipinski definition) is 1. The summed E-state index contributed by atoms with van der Waals surface area (Å²) in [6.45, 7) is 1.93. The minimum absolute atomic E-state index is 0. The van der Waals surface area contributed by atoms with Gasteiger partial charge < -0.3 is 24.3 Å². The van der Waals surface area contributed by atoms with Crippen molar-refractivity contribution in [2.75, 3.05) is 13.9 Å². The van der Waals surface area contributed by atoms with Crippen LogP contribution in [0.3, 0.4) is 0 Å². The lowest BCUT2D eigenvalue weighted by molar-refractivity contribution is 0.174. The second-order valence-corrected chi connectivity index (χ2v) is 8.62. The molecule has 3 aromatic rings. The van der Waals surface area contributed by atoms with E-state index in [0.717, 1.165) is 32.7 Å². The molecule has 5 nitrogen and oxygen atoms in total. The summed E-state index contributed by atoms with van der Waals surface area (Å²) in [5, 5.41) is 4.58. The zero-order chi connectivity index (χ0) is 21.8. The van der Waals surface area contributed by atoms with Gasteiger partial charge in [-0.1, -0.05) is 35.3 Å². The molecule has 4 rings (SSSR count). The quantitative estimate of drug-likeness (QED) is 0.329. The van der Waals surface area contributed by atoms with Crippen LogP contribution in [-0.4, -0.2) is 13.9 Å². The molecule has 0 radical (unpaired) electrons. The van der Waals surface area contributed by atoms with Crippen molar-refractivity contribution < 1.29 is 18.9 Å². The fourth-order valence-corrected chi connectivity index (χ4v) is 4.27. The van der Waals surface area contributed by atoms with Crippen molar-refractivity contribution in [2.45, 2.75) is 19.7 Å². The van der Waals surface area contributed by atoms with E-state index in [9.17, 15) is 0 Å². The molecule has 0 aliphatic carbocycles. The number of benzene rings is 3. The number of hydrogen-bond acceptors (Lipinski definition) is 5. The van der Waals surface area contributed by atoms with E-state index < -0.39 is 0 Å². The Morgan fingerprint density at radius 3 is 2.53 bits per heavy atom. The minimum atomic E-state index is 0. The molecule has 9 heteroatoms. The van der Waals surface area contributed by atoms with Crippen molar-refractivity contribution in [3.8, 4) is 23.0 Å². The van der Waals surface area contributed by atoms with Gasteiger partial charge in [-0.2, -0.15) is 0 Å². The molecule has 0 spiro atoms. The van der Waals surface area contributed by atoms with Gasteiger partial charge in [-0.15, -0.1) is 12.4 Å². The Morgan fingerprint density at radius 1 is 0.969 bits per heavy atom. The van der Waals surface area contributed by atoms with Gasteiger partial charge in [0, 0.05) is 28.7 Å². The van der Waals surface area contributed by atoms with Crippen molar-refractivity contribution in [2.24, 2.45) is 0 Å². The van der Waals surface area contributed by atoms with Crippen LogP contribution in [0, 0.1) is 0 Å². The van der Waals surface area contributed by atoms with Gasteiger partial charge in [-0.05, 0) is 63.5 Å². The first-order valence-electron chi connectivity index (χ1n) is 9.56. The molecule has 0 unspecified atom stereocenters. The van der Waals surface area contributed by atoms with Crippen LogP contribution in [0.5, 0.6) is 23.0 Å². The van der Waals surface area contributed by atoms with E-state index in [1.54, 1.807) is 19.2 Å². The predicted octanol–water partition coefficient (Wildman–Crippen LogP) is 6.78. The molecule has 0 saturated heterocycles. The first-order valence-corrected chi connectivity index (χ1v) is 11.1. The van der Waals surface area contributed by atoms with Crippen LogP contribution in [0.1, 0.15) is 16.7 Å². The topological polar surface area (TPSA) is 49.0 Å². The first kappa shape index (κ1) is 24.8. The molecule has 0 atom stereocenters. The van der Waals surface area contributed by atoms with E-state index in [1.807, 2.05) is 36.4 Å². The summed E-state index contributed by atoms with van der Waals surface area (Å²) in [6.07, 6.45) is 0. The number of fused-ring (bicyclic) bond motifs is 1. The van der Waals surface area contributed by atoms with Gasteiger partial charge in [-0.3, -0.25) is 0 Å². The van der Waals surface area contributed by atoms with E-state index in [1.165, 1.54) is 0 Å². The van der Waals surface area contributed by atoms with Gasteiger partial charge in [0.2, 0.25) is 6.79 Å². The Bertz CT molecular complexity index is 1100.